The third-order valence-electron chi connectivity index (χ3n) is 3.97. The van der Waals surface area contributed by atoms with Crippen LogP contribution in [0.25, 0.3) is 11.0 Å². The van der Waals surface area contributed by atoms with Gasteiger partial charge in [-0.25, -0.2) is 0 Å². The molecule has 0 radical (unpaired) electrons. The molecule has 0 aliphatic carbocycles. The first-order valence-electron chi connectivity index (χ1n) is 6.57. The van der Waals surface area contributed by atoms with Crippen molar-refractivity contribution in [1.82, 2.24) is 20.2 Å². The van der Waals surface area contributed by atoms with Gasteiger partial charge in [0.1, 0.15) is 5.82 Å². The van der Waals surface area contributed by atoms with Gasteiger partial charge in [0.05, 0.1) is 11.6 Å². The lowest BCUT2D eigenvalue weighted by Crippen LogP contribution is -2.26. The summed E-state index contributed by atoms with van der Waals surface area (Å²) < 4.78 is 0. The second-order valence-electron chi connectivity index (χ2n) is 6.25. The Morgan fingerprint density at radius 1 is 1.37 bits per heavy atom. The zero-order valence-electron chi connectivity index (χ0n) is 11.4. The summed E-state index contributed by atoms with van der Waals surface area (Å²) in [5.41, 5.74) is 1.02. The number of rotatable bonds is 1. The van der Waals surface area contributed by atoms with E-state index < -0.39 is 0 Å². The molecule has 0 saturated carbocycles. The van der Waals surface area contributed by atoms with Gasteiger partial charge < -0.3 is 4.90 Å². The fraction of sp³-hybridized carbons (Fsp3) is 0.615. The molecule has 1 unspecified atom stereocenters. The summed E-state index contributed by atoms with van der Waals surface area (Å²) in [5.74, 6) is 1.57. The van der Waals surface area contributed by atoms with Gasteiger partial charge in [-0.15, -0.1) is 0 Å². The van der Waals surface area contributed by atoms with Crippen LogP contribution in [-0.4, -0.2) is 33.3 Å². The molecule has 1 fully saturated rings. The van der Waals surface area contributed by atoms with Crippen LogP contribution in [0.1, 0.15) is 27.2 Å². The Bertz CT molecular complexity index is 601. The molecule has 3 rings (SSSR count). The Morgan fingerprint density at radius 3 is 2.84 bits per heavy atom. The van der Waals surface area contributed by atoms with Crippen molar-refractivity contribution in [3.8, 4) is 0 Å². The molecule has 102 valence electrons. The highest BCUT2D eigenvalue weighted by atomic mass is 35.5. The van der Waals surface area contributed by atoms with Gasteiger partial charge >= 0.3 is 0 Å². The Balaban J connectivity index is 1.95. The highest BCUT2D eigenvalue weighted by Gasteiger charge is 2.33. The maximum atomic E-state index is 5.99. The average Bonchev–Trinajstić information content (AvgIpc) is 2.94. The van der Waals surface area contributed by atoms with Crippen LogP contribution in [0.3, 0.4) is 0 Å². The third-order valence-corrected chi connectivity index (χ3v) is 4.14. The van der Waals surface area contributed by atoms with E-state index >= 15 is 0 Å². The fourth-order valence-electron chi connectivity index (χ4n) is 2.69. The molecule has 1 atom stereocenters. The number of aromatic amines is 1. The Hall–Kier alpha value is -1.36. The molecule has 3 heterocycles. The normalized spacial score (nSPS) is 20.4. The van der Waals surface area contributed by atoms with Crippen LogP contribution in [-0.2, 0) is 0 Å². The topological polar surface area (TPSA) is 57.7 Å². The molecule has 1 aliphatic rings. The van der Waals surface area contributed by atoms with Crippen molar-refractivity contribution in [2.75, 3.05) is 18.0 Å². The zero-order chi connectivity index (χ0) is 13.6. The van der Waals surface area contributed by atoms with E-state index in [1.54, 1.807) is 6.20 Å². The van der Waals surface area contributed by atoms with Gasteiger partial charge in [0.2, 0.25) is 5.28 Å². The molecule has 1 saturated heterocycles. The van der Waals surface area contributed by atoms with E-state index in [0.29, 0.717) is 17.0 Å². The number of nitrogens with one attached hydrogen (secondary N) is 1. The van der Waals surface area contributed by atoms with Crippen LogP contribution in [0.5, 0.6) is 0 Å². The van der Waals surface area contributed by atoms with Gasteiger partial charge in [-0.1, -0.05) is 20.8 Å². The number of fused-ring (bicyclic) bond motifs is 1. The van der Waals surface area contributed by atoms with Gasteiger partial charge in [0.25, 0.3) is 0 Å². The Labute approximate surface area is 117 Å². The molecule has 0 spiro atoms. The smallest absolute Gasteiger partial charge is 0.226 e. The van der Waals surface area contributed by atoms with Crippen molar-refractivity contribution >= 4 is 28.5 Å². The van der Waals surface area contributed by atoms with E-state index in [-0.39, 0.29) is 5.28 Å². The van der Waals surface area contributed by atoms with Crippen molar-refractivity contribution in [2.24, 2.45) is 11.3 Å². The van der Waals surface area contributed by atoms with Gasteiger partial charge in [-0.3, -0.25) is 5.10 Å². The summed E-state index contributed by atoms with van der Waals surface area (Å²) in [6, 6.07) is 0. The second-order valence-corrected chi connectivity index (χ2v) is 6.58. The lowest BCUT2D eigenvalue weighted by molar-refractivity contribution is 0.263. The SMILES string of the molecule is CC(C)(C)C1CCN(c2nc(Cl)nc3[nH]ncc23)C1. The Morgan fingerprint density at radius 2 is 2.16 bits per heavy atom. The van der Waals surface area contributed by atoms with Crippen molar-refractivity contribution in [3.63, 3.8) is 0 Å². The molecular weight excluding hydrogens is 262 g/mol. The van der Waals surface area contributed by atoms with E-state index in [2.05, 4.69) is 45.8 Å². The molecule has 19 heavy (non-hydrogen) atoms. The summed E-state index contributed by atoms with van der Waals surface area (Å²) in [7, 11) is 0. The molecule has 1 aliphatic heterocycles. The number of hydrogen-bond donors (Lipinski definition) is 1. The molecule has 2 aromatic rings. The quantitative estimate of drug-likeness (QED) is 0.816. The van der Waals surface area contributed by atoms with Gasteiger partial charge in [0, 0.05) is 13.1 Å². The number of anilines is 1. The van der Waals surface area contributed by atoms with E-state index in [1.165, 1.54) is 6.42 Å². The van der Waals surface area contributed by atoms with Crippen LogP contribution >= 0.6 is 11.6 Å². The first kappa shape index (κ1) is 12.7. The van der Waals surface area contributed by atoms with Crippen molar-refractivity contribution in [2.45, 2.75) is 27.2 Å². The number of hydrogen-bond acceptors (Lipinski definition) is 4. The minimum absolute atomic E-state index is 0.269. The molecule has 5 nitrogen and oxygen atoms in total. The largest absolute Gasteiger partial charge is 0.356 e. The maximum Gasteiger partial charge on any atom is 0.226 e. The summed E-state index contributed by atoms with van der Waals surface area (Å²) in [6.45, 7) is 8.90. The molecule has 0 amide bonds. The molecule has 1 N–H and O–H groups in total. The molecule has 2 aromatic heterocycles. The predicted octanol–water partition coefficient (Wildman–Crippen LogP) is 2.88. The predicted molar refractivity (Wildman–Crippen MR) is 76.5 cm³/mol. The van der Waals surface area contributed by atoms with Crippen molar-refractivity contribution in [1.29, 1.82) is 0 Å². The second kappa shape index (κ2) is 4.34. The fourth-order valence-corrected chi connectivity index (χ4v) is 2.86. The molecular formula is C13H18ClN5. The van der Waals surface area contributed by atoms with Crippen LogP contribution in [0.2, 0.25) is 5.28 Å². The molecule has 6 heteroatoms. The van der Waals surface area contributed by atoms with Crippen molar-refractivity contribution < 1.29 is 0 Å². The Kier molecular flexibility index (Phi) is 2.89. The monoisotopic (exact) mass is 279 g/mol. The highest BCUT2D eigenvalue weighted by molar-refractivity contribution is 6.28. The first-order chi connectivity index (χ1) is 8.95. The molecule has 0 aromatic carbocycles. The van der Waals surface area contributed by atoms with E-state index in [4.69, 9.17) is 11.6 Å². The number of aromatic nitrogens is 4. The summed E-state index contributed by atoms with van der Waals surface area (Å²) >= 11 is 5.99. The number of H-pyrrole nitrogens is 1. The van der Waals surface area contributed by atoms with Gasteiger partial charge in [0.15, 0.2) is 5.65 Å². The maximum absolute atomic E-state index is 5.99. The standard InChI is InChI=1S/C13H18ClN5/c1-13(2,3)8-4-5-19(7-8)11-9-6-15-18-10(9)16-12(14)17-11/h6,8H,4-5,7H2,1-3H3,(H,15,16,17,18). The lowest BCUT2D eigenvalue weighted by Gasteiger charge is -2.27. The van der Waals surface area contributed by atoms with E-state index in [0.717, 1.165) is 24.3 Å². The summed E-state index contributed by atoms with van der Waals surface area (Å²) in [5, 5.41) is 8.10. The van der Waals surface area contributed by atoms with Crippen molar-refractivity contribution in [3.05, 3.63) is 11.5 Å². The van der Waals surface area contributed by atoms with Crippen LogP contribution < -0.4 is 4.90 Å². The summed E-state index contributed by atoms with van der Waals surface area (Å²) in [4.78, 5) is 10.8. The first-order valence-corrected chi connectivity index (χ1v) is 6.94. The summed E-state index contributed by atoms with van der Waals surface area (Å²) in [6.07, 6.45) is 2.95. The van der Waals surface area contributed by atoms with E-state index in [9.17, 15) is 0 Å². The highest BCUT2D eigenvalue weighted by Crippen LogP contribution is 2.36. The van der Waals surface area contributed by atoms with Crippen LogP contribution in [0.4, 0.5) is 5.82 Å². The van der Waals surface area contributed by atoms with Gasteiger partial charge in [-0.05, 0) is 29.4 Å². The molecule has 0 bridgehead atoms. The minimum Gasteiger partial charge on any atom is -0.356 e. The minimum atomic E-state index is 0.269. The number of nitrogens with zero attached hydrogens (tertiary/aromatic N) is 4. The van der Waals surface area contributed by atoms with E-state index in [1.807, 2.05) is 0 Å². The van der Waals surface area contributed by atoms with Crippen LogP contribution in [0.15, 0.2) is 6.20 Å². The lowest BCUT2D eigenvalue weighted by atomic mass is 9.80. The van der Waals surface area contributed by atoms with Crippen LogP contribution in [0, 0.1) is 11.3 Å². The number of halogens is 1. The average molecular weight is 280 g/mol. The van der Waals surface area contributed by atoms with Gasteiger partial charge in [-0.2, -0.15) is 15.1 Å². The zero-order valence-corrected chi connectivity index (χ0v) is 12.2. The third kappa shape index (κ3) is 2.27.